The zero-order valence-corrected chi connectivity index (χ0v) is 12.2. The lowest BCUT2D eigenvalue weighted by atomic mass is 9.90. The maximum absolute atomic E-state index is 11.3. The first-order valence-corrected chi connectivity index (χ1v) is 7.82. The van der Waals surface area contributed by atoms with E-state index < -0.39 is 11.4 Å². The van der Waals surface area contributed by atoms with Gasteiger partial charge in [-0.05, 0) is 45.4 Å². The normalized spacial score (nSPS) is 19.5. The Labute approximate surface area is 117 Å². The van der Waals surface area contributed by atoms with Crippen molar-refractivity contribution < 1.29 is 9.90 Å². The minimum absolute atomic E-state index is 0.646. The highest BCUT2D eigenvalue weighted by Crippen LogP contribution is 2.39. The third-order valence-corrected chi connectivity index (χ3v) is 4.93. The van der Waals surface area contributed by atoms with Crippen molar-refractivity contribution in [1.82, 2.24) is 4.98 Å². The summed E-state index contributed by atoms with van der Waals surface area (Å²) in [5, 5.41) is 12.2. The van der Waals surface area contributed by atoms with Gasteiger partial charge in [0.15, 0.2) is 5.13 Å². The van der Waals surface area contributed by atoms with Crippen LogP contribution in [0.15, 0.2) is 5.38 Å². The first-order chi connectivity index (χ1) is 8.98. The molecule has 3 rings (SSSR count). The van der Waals surface area contributed by atoms with E-state index in [1.54, 1.807) is 25.2 Å². The van der Waals surface area contributed by atoms with Crippen LogP contribution in [0.4, 0.5) is 5.13 Å². The van der Waals surface area contributed by atoms with E-state index in [9.17, 15) is 9.90 Å². The lowest BCUT2D eigenvalue weighted by molar-refractivity contribution is -0.142. The molecule has 0 saturated heterocycles. The molecule has 4 nitrogen and oxygen atoms in total. The van der Waals surface area contributed by atoms with Gasteiger partial charge in [-0.25, -0.2) is 4.98 Å². The molecule has 1 aromatic rings. The van der Waals surface area contributed by atoms with Crippen LogP contribution < -0.4 is 4.90 Å². The zero-order valence-electron chi connectivity index (χ0n) is 11.4. The average molecular weight is 280 g/mol. The van der Waals surface area contributed by atoms with E-state index in [1.165, 1.54) is 25.7 Å². The van der Waals surface area contributed by atoms with Crippen LogP contribution in [0.2, 0.25) is 0 Å². The van der Waals surface area contributed by atoms with Gasteiger partial charge in [-0.1, -0.05) is 0 Å². The minimum Gasteiger partial charge on any atom is -0.481 e. The van der Waals surface area contributed by atoms with Crippen LogP contribution in [0.25, 0.3) is 0 Å². The van der Waals surface area contributed by atoms with Crippen LogP contribution in [0, 0.1) is 5.92 Å². The number of nitrogens with zero attached hydrogens (tertiary/aromatic N) is 2. The Morgan fingerprint density at radius 3 is 2.68 bits per heavy atom. The van der Waals surface area contributed by atoms with E-state index in [4.69, 9.17) is 0 Å². The van der Waals surface area contributed by atoms with Crippen molar-refractivity contribution in [3.63, 3.8) is 0 Å². The summed E-state index contributed by atoms with van der Waals surface area (Å²) >= 11 is 1.59. The molecule has 1 N–H and O–H groups in total. The van der Waals surface area contributed by atoms with Crippen LogP contribution in [-0.2, 0) is 10.2 Å². The molecule has 19 heavy (non-hydrogen) atoms. The van der Waals surface area contributed by atoms with Crippen molar-refractivity contribution in [3.8, 4) is 0 Å². The summed E-state index contributed by atoms with van der Waals surface area (Å²) in [4.78, 5) is 18.3. The highest BCUT2D eigenvalue weighted by Gasteiger charge is 2.37. The molecule has 2 aliphatic carbocycles. The topological polar surface area (TPSA) is 53.4 Å². The smallest absolute Gasteiger partial charge is 0.315 e. The highest BCUT2D eigenvalue weighted by molar-refractivity contribution is 7.13. The Hall–Kier alpha value is -1.10. The number of aliphatic carboxylic acids is 1. The van der Waals surface area contributed by atoms with Crippen molar-refractivity contribution in [2.75, 3.05) is 11.4 Å². The van der Waals surface area contributed by atoms with E-state index in [-0.39, 0.29) is 0 Å². The number of hydrogen-bond acceptors (Lipinski definition) is 4. The van der Waals surface area contributed by atoms with Crippen molar-refractivity contribution in [2.45, 2.75) is 51.0 Å². The summed E-state index contributed by atoms with van der Waals surface area (Å²) in [6, 6.07) is 0.646. The second-order valence-corrected chi connectivity index (χ2v) is 7.11. The fourth-order valence-electron chi connectivity index (χ4n) is 2.14. The Kier molecular flexibility index (Phi) is 3.04. The monoisotopic (exact) mass is 280 g/mol. The number of anilines is 1. The summed E-state index contributed by atoms with van der Waals surface area (Å²) in [5.41, 5.74) is -0.217. The molecule has 0 radical (unpaired) electrons. The van der Waals surface area contributed by atoms with Gasteiger partial charge in [-0.2, -0.15) is 0 Å². The molecule has 2 fully saturated rings. The number of carboxylic acid groups (broad SMARTS) is 1. The lowest BCUT2D eigenvalue weighted by Gasteiger charge is -2.21. The van der Waals surface area contributed by atoms with Gasteiger partial charge in [0.1, 0.15) is 5.41 Å². The Morgan fingerprint density at radius 1 is 1.47 bits per heavy atom. The second kappa shape index (κ2) is 4.47. The molecule has 0 spiro atoms. The van der Waals surface area contributed by atoms with Crippen molar-refractivity contribution in [2.24, 2.45) is 5.92 Å². The number of carbonyl (C=O) groups is 1. The molecular formula is C14H20N2O2S. The van der Waals surface area contributed by atoms with E-state index in [2.05, 4.69) is 9.88 Å². The Balaban J connectivity index is 1.80. The van der Waals surface area contributed by atoms with E-state index in [0.29, 0.717) is 11.7 Å². The zero-order chi connectivity index (χ0) is 13.6. The molecule has 2 saturated carbocycles. The molecule has 0 atom stereocenters. The lowest BCUT2D eigenvalue weighted by Crippen LogP contribution is -2.30. The summed E-state index contributed by atoms with van der Waals surface area (Å²) in [5.74, 6) is 0.0185. The van der Waals surface area contributed by atoms with Gasteiger partial charge in [0.2, 0.25) is 0 Å². The van der Waals surface area contributed by atoms with Gasteiger partial charge in [0.05, 0.1) is 5.69 Å². The van der Waals surface area contributed by atoms with Gasteiger partial charge in [0, 0.05) is 18.0 Å². The third-order valence-electron chi connectivity index (χ3n) is 4.05. The van der Waals surface area contributed by atoms with Crippen molar-refractivity contribution in [3.05, 3.63) is 11.1 Å². The summed E-state index contributed by atoms with van der Waals surface area (Å²) in [6.07, 6.45) is 5.18. The first-order valence-electron chi connectivity index (χ1n) is 6.94. The fourth-order valence-corrected chi connectivity index (χ4v) is 3.22. The van der Waals surface area contributed by atoms with E-state index >= 15 is 0 Å². The standard InChI is InChI=1S/C14H20N2O2S/c1-14(2,12(17)18)11-8-19-13(15-11)16(10-5-6-10)7-9-3-4-9/h8-10H,3-7H2,1-2H3,(H,17,18). The number of rotatable bonds is 6. The van der Waals surface area contributed by atoms with E-state index in [0.717, 1.165) is 17.6 Å². The third kappa shape index (κ3) is 2.61. The minimum atomic E-state index is -0.899. The van der Waals surface area contributed by atoms with Crippen LogP contribution in [0.1, 0.15) is 45.2 Å². The van der Waals surface area contributed by atoms with Crippen molar-refractivity contribution in [1.29, 1.82) is 0 Å². The molecule has 104 valence electrons. The van der Waals surface area contributed by atoms with Crippen LogP contribution >= 0.6 is 11.3 Å². The molecular weight excluding hydrogens is 260 g/mol. The quantitative estimate of drug-likeness (QED) is 0.870. The summed E-state index contributed by atoms with van der Waals surface area (Å²) in [6.45, 7) is 4.54. The molecule has 1 heterocycles. The maximum atomic E-state index is 11.3. The second-order valence-electron chi connectivity index (χ2n) is 6.27. The van der Waals surface area contributed by atoms with Gasteiger partial charge < -0.3 is 10.0 Å². The summed E-state index contributed by atoms with van der Waals surface area (Å²) < 4.78 is 0. The van der Waals surface area contributed by atoms with Gasteiger partial charge in [0.25, 0.3) is 0 Å². The largest absolute Gasteiger partial charge is 0.481 e. The molecule has 2 aliphatic rings. The van der Waals surface area contributed by atoms with Crippen molar-refractivity contribution >= 4 is 22.4 Å². The van der Waals surface area contributed by atoms with Crippen LogP contribution in [-0.4, -0.2) is 28.6 Å². The van der Waals surface area contributed by atoms with Crippen LogP contribution in [0.5, 0.6) is 0 Å². The molecule has 1 aromatic heterocycles. The van der Waals surface area contributed by atoms with Gasteiger partial charge in [-0.3, -0.25) is 4.79 Å². The van der Waals surface area contributed by atoms with Gasteiger partial charge >= 0.3 is 5.97 Å². The van der Waals surface area contributed by atoms with Gasteiger partial charge in [-0.15, -0.1) is 11.3 Å². The molecule has 5 heteroatoms. The highest BCUT2D eigenvalue weighted by atomic mass is 32.1. The number of carboxylic acids is 1. The molecule has 0 aliphatic heterocycles. The molecule has 0 bridgehead atoms. The van der Waals surface area contributed by atoms with E-state index in [1.807, 2.05) is 5.38 Å². The first kappa shape index (κ1) is 12.9. The number of aromatic nitrogens is 1. The predicted octanol–water partition coefficient (Wildman–Crippen LogP) is 2.88. The Bertz CT molecular complexity index is 489. The SMILES string of the molecule is CC(C)(C(=O)O)c1csc(N(CC2CC2)C2CC2)n1. The fraction of sp³-hybridized carbons (Fsp3) is 0.714. The molecule has 0 unspecified atom stereocenters. The number of hydrogen-bond donors (Lipinski definition) is 1. The average Bonchev–Trinajstić information content (AvgIpc) is 3.25. The van der Waals surface area contributed by atoms with Crippen LogP contribution in [0.3, 0.4) is 0 Å². The summed E-state index contributed by atoms with van der Waals surface area (Å²) in [7, 11) is 0. The molecule has 0 amide bonds. The number of thiazole rings is 1. The predicted molar refractivity (Wildman–Crippen MR) is 75.9 cm³/mol. The molecule has 0 aromatic carbocycles. The Morgan fingerprint density at radius 2 is 2.16 bits per heavy atom. The maximum Gasteiger partial charge on any atom is 0.315 e.